The minimum atomic E-state index is -0.653. The van der Waals surface area contributed by atoms with Gasteiger partial charge in [0.05, 0.1) is 27.1 Å². The zero-order valence-corrected chi connectivity index (χ0v) is 12.2. The molecule has 1 saturated heterocycles. The molecule has 1 N–H and O–H groups in total. The van der Waals surface area contributed by atoms with Crippen LogP contribution < -0.4 is 4.74 Å². The summed E-state index contributed by atoms with van der Waals surface area (Å²) in [6.07, 6.45) is 4.39. The monoisotopic (exact) mass is 285 g/mol. The number of methoxy groups -OCH3 is 1. The third kappa shape index (κ3) is 4.11. The van der Waals surface area contributed by atoms with Crippen LogP contribution in [0.15, 0.2) is 36.4 Å². The number of carbonyl (C=O) groups excluding carboxylic acids is 1. The van der Waals surface area contributed by atoms with Crippen LogP contribution in [0.2, 0.25) is 6.32 Å². The second-order valence-electron chi connectivity index (χ2n) is 5.17. The number of aliphatic hydroxyl groups excluding tert-OH is 1. The summed E-state index contributed by atoms with van der Waals surface area (Å²) in [5.74, 6) is 0.916. The lowest BCUT2D eigenvalue weighted by atomic mass is 9.98. The Bertz CT molecular complexity index is 518. The maximum absolute atomic E-state index is 12.0. The van der Waals surface area contributed by atoms with Crippen LogP contribution >= 0.6 is 0 Å². The van der Waals surface area contributed by atoms with Crippen LogP contribution in [0.25, 0.3) is 0 Å². The molecule has 0 spiro atoms. The van der Waals surface area contributed by atoms with Gasteiger partial charge < -0.3 is 14.7 Å². The van der Waals surface area contributed by atoms with Gasteiger partial charge in [-0.1, -0.05) is 30.6 Å². The standard InChI is InChI=1S/C16H20BNO3/c1-21-15-4-2-3-12(9-15)11-18-13(6-8-16(18)20)5-7-14(19)10-17/h2-5,7,9,13-14,19H,6,8,10-11H2,1H3. The number of aliphatic hydroxyl groups is 1. The van der Waals surface area contributed by atoms with Gasteiger partial charge >= 0.3 is 0 Å². The Morgan fingerprint density at radius 3 is 3.10 bits per heavy atom. The lowest BCUT2D eigenvalue weighted by Gasteiger charge is -2.23. The quantitative estimate of drug-likeness (QED) is 0.639. The van der Waals surface area contributed by atoms with E-state index in [2.05, 4.69) is 0 Å². The first-order chi connectivity index (χ1) is 10.1. The Kier molecular flexibility index (Phi) is 5.45. The molecule has 1 amide bonds. The molecule has 1 aliphatic rings. The third-order valence-corrected chi connectivity index (χ3v) is 3.66. The molecule has 0 bridgehead atoms. The molecule has 0 saturated carbocycles. The first kappa shape index (κ1) is 15.6. The molecule has 2 atom stereocenters. The Morgan fingerprint density at radius 2 is 2.38 bits per heavy atom. The highest BCUT2D eigenvalue weighted by molar-refractivity contribution is 6.09. The van der Waals surface area contributed by atoms with Crippen LogP contribution in [0.1, 0.15) is 18.4 Å². The van der Waals surface area contributed by atoms with Crippen molar-refractivity contribution in [2.24, 2.45) is 0 Å². The summed E-state index contributed by atoms with van der Waals surface area (Å²) in [5, 5.41) is 9.50. The zero-order valence-electron chi connectivity index (χ0n) is 12.2. The van der Waals surface area contributed by atoms with Crippen LogP contribution in [-0.4, -0.2) is 43.0 Å². The van der Waals surface area contributed by atoms with Crippen molar-refractivity contribution in [3.05, 3.63) is 42.0 Å². The fourth-order valence-corrected chi connectivity index (χ4v) is 2.46. The van der Waals surface area contributed by atoms with E-state index >= 15 is 0 Å². The summed E-state index contributed by atoms with van der Waals surface area (Å²) < 4.78 is 5.20. The smallest absolute Gasteiger partial charge is 0.223 e. The predicted octanol–water partition coefficient (Wildman–Crippen LogP) is 1.69. The van der Waals surface area contributed by atoms with Crippen molar-refractivity contribution >= 4 is 13.8 Å². The molecule has 2 rings (SSSR count). The molecule has 1 fully saturated rings. The van der Waals surface area contributed by atoms with Crippen LogP contribution in [-0.2, 0) is 11.3 Å². The number of likely N-dealkylation sites (tertiary alicyclic amines) is 1. The van der Waals surface area contributed by atoms with E-state index in [-0.39, 0.29) is 18.3 Å². The van der Waals surface area contributed by atoms with Crippen molar-refractivity contribution < 1.29 is 14.6 Å². The van der Waals surface area contributed by atoms with Gasteiger partial charge in [-0.3, -0.25) is 4.79 Å². The summed E-state index contributed by atoms with van der Waals surface area (Å²) in [6.45, 7) is 0.545. The molecule has 1 aromatic carbocycles. The van der Waals surface area contributed by atoms with Crippen molar-refractivity contribution in [2.45, 2.75) is 37.9 Å². The van der Waals surface area contributed by atoms with Crippen LogP contribution in [0.4, 0.5) is 0 Å². The highest BCUT2D eigenvalue weighted by Crippen LogP contribution is 2.24. The number of amides is 1. The Morgan fingerprint density at radius 1 is 1.57 bits per heavy atom. The van der Waals surface area contributed by atoms with Gasteiger partial charge in [-0.15, -0.1) is 0 Å². The van der Waals surface area contributed by atoms with Gasteiger partial charge in [0.25, 0.3) is 0 Å². The van der Waals surface area contributed by atoms with Gasteiger partial charge in [0.15, 0.2) is 0 Å². The molecule has 4 nitrogen and oxygen atoms in total. The Balaban J connectivity index is 2.08. The zero-order chi connectivity index (χ0) is 15.2. The first-order valence-corrected chi connectivity index (χ1v) is 7.13. The fraction of sp³-hybridized carbons (Fsp3) is 0.438. The third-order valence-electron chi connectivity index (χ3n) is 3.66. The highest BCUT2D eigenvalue weighted by atomic mass is 16.5. The SMILES string of the molecule is [B]CC(O)C=CC1CCC(=O)N1Cc1cccc(OC)c1. The minimum Gasteiger partial charge on any atom is -0.497 e. The number of benzene rings is 1. The number of nitrogens with zero attached hydrogens (tertiary/aromatic N) is 1. The van der Waals surface area contributed by atoms with E-state index in [9.17, 15) is 9.90 Å². The van der Waals surface area contributed by atoms with Gasteiger partial charge in [0.2, 0.25) is 5.91 Å². The number of ether oxygens (including phenoxy) is 1. The molecule has 1 aromatic rings. The second kappa shape index (κ2) is 7.32. The summed E-state index contributed by atoms with van der Waals surface area (Å²) in [5.41, 5.74) is 1.03. The van der Waals surface area contributed by atoms with Gasteiger partial charge in [-0.05, 0) is 24.1 Å². The van der Waals surface area contributed by atoms with E-state index in [4.69, 9.17) is 12.6 Å². The van der Waals surface area contributed by atoms with Crippen molar-refractivity contribution in [3.63, 3.8) is 0 Å². The molecule has 2 unspecified atom stereocenters. The average molecular weight is 285 g/mol. The summed E-state index contributed by atoms with van der Waals surface area (Å²) in [4.78, 5) is 13.9. The minimum absolute atomic E-state index is 0.0184. The van der Waals surface area contributed by atoms with E-state index in [1.165, 1.54) is 0 Å². The molecule has 0 aliphatic carbocycles. The summed E-state index contributed by atoms with van der Waals surface area (Å²) >= 11 is 0. The fourth-order valence-electron chi connectivity index (χ4n) is 2.46. The number of hydrogen-bond acceptors (Lipinski definition) is 3. The Hall–Kier alpha value is -1.75. The number of carbonyl (C=O) groups is 1. The molecule has 1 aliphatic heterocycles. The molecule has 1 heterocycles. The maximum atomic E-state index is 12.0. The van der Waals surface area contributed by atoms with Gasteiger partial charge in [0.1, 0.15) is 5.75 Å². The molecular weight excluding hydrogens is 265 g/mol. The molecule has 0 aromatic heterocycles. The van der Waals surface area contributed by atoms with E-state index in [0.717, 1.165) is 17.7 Å². The molecular formula is C16H20BNO3. The normalized spacial score (nSPS) is 20.2. The van der Waals surface area contributed by atoms with E-state index < -0.39 is 6.10 Å². The van der Waals surface area contributed by atoms with Crippen molar-refractivity contribution in [3.8, 4) is 5.75 Å². The number of hydrogen-bond donors (Lipinski definition) is 1. The van der Waals surface area contributed by atoms with Gasteiger partial charge in [0, 0.05) is 13.0 Å². The predicted molar refractivity (Wildman–Crippen MR) is 82.3 cm³/mol. The highest BCUT2D eigenvalue weighted by Gasteiger charge is 2.29. The summed E-state index contributed by atoms with van der Waals surface area (Å²) in [7, 11) is 7.00. The maximum Gasteiger partial charge on any atom is 0.223 e. The van der Waals surface area contributed by atoms with Gasteiger partial charge in [-0.2, -0.15) is 0 Å². The lowest BCUT2D eigenvalue weighted by Crippen LogP contribution is -2.31. The average Bonchev–Trinajstić information content (AvgIpc) is 2.85. The second-order valence-corrected chi connectivity index (χ2v) is 5.17. The first-order valence-electron chi connectivity index (χ1n) is 7.13. The number of rotatable bonds is 6. The van der Waals surface area contributed by atoms with Crippen LogP contribution in [0.5, 0.6) is 5.75 Å². The largest absolute Gasteiger partial charge is 0.497 e. The van der Waals surface area contributed by atoms with E-state index in [0.29, 0.717) is 13.0 Å². The van der Waals surface area contributed by atoms with E-state index in [1.807, 2.05) is 35.2 Å². The molecule has 21 heavy (non-hydrogen) atoms. The van der Waals surface area contributed by atoms with Crippen LogP contribution in [0, 0.1) is 0 Å². The molecule has 2 radical (unpaired) electrons. The molecule has 110 valence electrons. The lowest BCUT2D eigenvalue weighted by molar-refractivity contribution is -0.129. The van der Waals surface area contributed by atoms with Crippen LogP contribution in [0.3, 0.4) is 0 Å². The summed E-state index contributed by atoms with van der Waals surface area (Å²) in [6, 6.07) is 7.72. The topological polar surface area (TPSA) is 49.8 Å². The van der Waals surface area contributed by atoms with Crippen molar-refractivity contribution in [1.82, 2.24) is 4.90 Å². The van der Waals surface area contributed by atoms with Gasteiger partial charge in [-0.25, -0.2) is 0 Å². The van der Waals surface area contributed by atoms with E-state index in [1.54, 1.807) is 13.2 Å². The molecule has 5 heteroatoms. The van der Waals surface area contributed by atoms with Crippen molar-refractivity contribution in [2.75, 3.05) is 7.11 Å². The Labute approximate surface area is 126 Å². The van der Waals surface area contributed by atoms with Crippen molar-refractivity contribution in [1.29, 1.82) is 0 Å².